The number of unbranched alkanes of at least 4 members (excludes halogenated alkanes) is 1. The molecule has 8 heteroatoms. The number of rotatable bonds is 10. The standard InChI is InChI=1S/C29H28N2O5S/c1-4-5-17-36-22-14-12-21(13-15-22)25-24(23(33)16-11-20-9-7-6-8-10-20)26(34)28(35)31(25)29-30-18(2)27(37-29)19(3)32/h6-16,25,34H,4-5,17H2,1-3H3. The van der Waals surface area contributed by atoms with Crippen LogP contribution in [0.15, 0.2) is 72.0 Å². The molecule has 2 heterocycles. The van der Waals surface area contributed by atoms with E-state index in [2.05, 4.69) is 11.9 Å². The van der Waals surface area contributed by atoms with Crippen molar-refractivity contribution in [3.63, 3.8) is 0 Å². The average Bonchev–Trinajstić information content (AvgIpc) is 3.40. The molecule has 0 spiro atoms. The normalized spacial score (nSPS) is 15.6. The summed E-state index contributed by atoms with van der Waals surface area (Å²) in [6, 6.07) is 15.4. The molecule has 2 aromatic carbocycles. The molecular formula is C29H28N2O5S. The van der Waals surface area contributed by atoms with Crippen LogP contribution in [0.5, 0.6) is 5.75 Å². The van der Waals surface area contributed by atoms with Crippen molar-refractivity contribution >= 4 is 40.0 Å². The number of Topliss-reactive ketones (excluding diaryl/α,β-unsaturated/α-hetero) is 1. The van der Waals surface area contributed by atoms with Crippen LogP contribution in [0.3, 0.4) is 0 Å². The van der Waals surface area contributed by atoms with Crippen molar-refractivity contribution in [2.75, 3.05) is 11.5 Å². The van der Waals surface area contributed by atoms with Gasteiger partial charge < -0.3 is 9.84 Å². The van der Waals surface area contributed by atoms with Gasteiger partial charge in [-0.05, 0) is 42.7 Å². The highest BCUT2D eigenvalue weighted by molar-refractivity contribution is 7.17. The van der Waals surface area contributed by atoms with Crippen LogP contribution in [0.4, 0.5) is 5.13 Å². The Labute approximate surface area is 219 Å². The number of hydrogen-bond donors (Lipinski definition) is 1. The first-order valence-corrected chi connectivity index (χ1v) is 12.9. The highest BCUT2D eigenvalue weighted by atomic mass is 32.1. The van der Waals surface area contributed by atoms with Crippen LogP contribution in [0, 0.1) is 6.92 Å². The van der Waals surface area contributed by atoms with Gasteiger partial charge in [-0.2, -0.15) is 0 Å². The van der Waals surface area contributed by atoms with Gasteiger partial charge in [-0.1, -0.05) is 73.2 Å². The SMILES string of the molecule is CCCCOc1ccc(C2C(C(=O)C=Cc3ccccc3)=C(O)C(=O)N2c2nc(C)c(C(C)=O)s2)cc1. The maximum absolute atomic E-state index is 13.4. The lowest BCUT2D eigenvalue weighted by Crippen LogP contribution is -2.30. The van der Waals surface area contributed by atoms with E-state index in [-0.39, 0.29) is 16.5 Å². The maximum Gasteiger partial charge on any atom is 0.296 e. The Morgan fingerprint density at radius 3 is 2.46 bits per heavy atom. The number of nitrogens with zero attached hydrogens (tertiary/aromatic N) is 2. The number of aryl methyl sites for hydroxylation is 1. The molecule has 0 aliphatic carbocycles. The lowest BCUT2D eigenvalue weighted by molar-refractivity contribution is -0.117. The summed E-state index contributed by atoms with van der Waals surface area (Å²) in [5, 5.41) is 11.1. The summed E-state index contributed by atoms with van der Waals surface area (Å²) in [7, 11) is 0. The molecular weight excluding hydrogens is 488 g/mol. The van der Waals surface area contributed by atoms with Crippen LogP contribution in [-0.4, -0.2) is 34.2 Å². The van der Waals surface area contributed by atoms with E-state index in [1.54, 1.807) is 37.3 Å². The third kappa shape index (κ3) is 5.54. The number of carbonyl (C=O) groups is 3. The van der Waals surface area contributed by atoms with Gasteiger partial charge in [-0.25, -0.2) is 4.98 Å². The molecule has 1 amide bonds. The van der Waals surface area contributed by atoms with Gasteiger partial charge in [0.2, 0.25) is 0 Å². The number of anilines is 1. The predicted molar refractivity (Wildman–Crippen MR) is 144 cm³/mol. The van der Waals surface area contributed by atoms with Crippen LogP contribution >= 0.6 is 11.3 Å². The topological polar surface area (TPSA) is 96.8 Å². The van der Waals surface area contributed by atoms with E-state index >= 15 is 0 Å². The first-order valence-electron chi connectivity index (χ1n) is 12.1. The van der Waals surface area contributed by atoms with Crippen LogP contribution in [0.1, 0.15) is 59.2 Å². The monoisotopic (exact) mass is 516 g/mol. The van der Waals surface area contributed by atoms with E-state index in [4.69, 9.17) is 4.74 Å². The number of benzene rings is 2. The summed E-state index contributed by atoms with van der Waals surface area (Å²) in [5.74, 6) is -1.37. The van der Waals surface area contributed by atoms with Gasteiger partial charge in [-0.3, -0.25) is 19.3 Å². The zero-order valence-electron chi connectivity index (χ0n) is 20.9. The molecule has 1 aliphatic heterocycles. The van der Waals surface area contributed by atoms with Gasteiger partial charge in [0.05, 0.1) is 28.8 Å². The van der Waals surface area contributed by atoms with Crippen molar-refractivity contribution in [3.05, 3.63) is 93.7 Å². The number of thiazole rings is 1. The smallest absolute Gasteiger partial charge is 0.296 e. The molecule has 0 radical (unpaired) electrons. The first kappa shape index (κ1) is 26.0. The Balaban J connectivity index is 1.75. The summed E-state index contributed by atoms with van der Waals surface area (Å²) in [5.41, 5.74) is 1.86. The van der Waals surface area contributed by atoms with Crippen molar-refractivity contribution in [1.29, 1.82) is 0 Å². The molecule has 37 heavy (non-hydrogen) atoms. The minimum atomic E-state index is -0.921. The summed E-state index contributed by atoms with van der Waals surface area (Å²) in [4.78, 5) is 44.9. The molecule has 7 nitrogen and oxygen atoms in total. The van der Waals surface area contributed by atoms with E-state index in [0.717, 1.165) is 29.7 Å². The van der Waals surface area contributed by atoms with Gasteiger partial charge >= 0.3 is 0 Å². The molecule has 4 rings (SSSR count). The number of ketones is 2. The van der Waals surface area contributed by atoms with Crippen LogP contribution < -0.4 is 9.64 Å². The molecule has 1 aliphatic rings. The molecule has 1 aromatic heterocycles. The minimum absolute atomic E-state index is 0.0472. The maximum atomic E-state index is 13.4. The van der Waals surface area contributed by atoms with Crippen LogP contribution in [0.25, 0.3) is 6.08 Å². The van der Waals surface area contributed by atoms with Crippen molar-refractivity contribution in [3.8, 4) is 5.75 Å². The van der Waals surface area contributed by atoms with Crippen molar-refractivity contribution in [2.45, 2.75) is 39.7 Å². The van der Waals surface area contributed by atoms with E-state index in [9.17, 15) is 19.5 Å². The summed E-state index contributed by atoms with van der Waals surface area (Å²) < 4.78 is 5.76. The zero-order valence-corrected chi connectivity index (χ0v) is 21.7. The number of aliphatic hydroxyl groups excluding tert-OH is 1. The number of ether oxygens (including phenoxy) is 1. The Bertz CT molecular complexity index is 1370. The van der Waals surface area contributed by atoms with E-state index in [1.165, 1.54) is 17.9 Å². The lowest BCUT2D eigenvalue weighted by atomic mass is 9.95. The van der Waals surface area contributed by atoms with Crippen molar-refractivity contribution in [1.82, 2.24) is 4.98 Å². The van der Waals surface area contributed by atoms with Crippen LogP contribution in [0.2, 0.25) is 0 Å². The highest BCUT2D eigenvalue weighted by Crippen LogP contribution is 2.43. The fourth-order valence-corrected chi connectivity index (χ4v) is 5.08. The Morgan fingerprint density at radius 1 is 1.14 bits per heavy atom. The van der Waals surface area contributed by atoms with Crippen LogP contribution in [-0.2, 0) is 9.59 Å². The molecule has 1 unspecified atom stereocenters. The van der Waals surface area contributed by atoms with E-state index in [1.807, 2.05) is 30.3 Å². The summed E-state index contributed by atoms with van der Waals surface area (Å²) in [6.07, 6.45) is 4.93. The van der Waals surface area contributed by atoms with Crippen molar-refractivity contribution < 1.29 is 24.2 Å². The summed E-state index contributed by atoms with van der Waals surface area (Å²) in [6.45, 7) is 5.80. The number of amides is 1. The highest BCUT2D eigenvalue weighted by Gasteiger charge is 2.45. The van der Waals surface area contributed by atoms with Gasteiger partial charge in [0.15, 0.2) is 22.5 Å². The van der Waals surface area contributed by atoms with Gasteiger partial charge in [0.25, 0.3) is 5.91 Å². The third-order valence-corrected chi connectivity index (χ3v) is 7.23. The largest absolute Gasteiger partial charge is 0.503 e. The second kappa shape index (κ2) is 11.3. The minimum Gasteiger partial charge on any atom is -0.503 e. The number of aliphatic hydroxyl groups is 1. The number of allylic oxidation sites excluding steroid dienone is 1. The Hall–Kier alpha value is -4.04. The van der Waals surface area contributed by atoms with Gasteiger partial charge in [0, 0.05) is 6.92 Å². The number of aromatic nitrogens is 1. The Morgan fingerprint density at radius 2 is 1.84 bits per heavy atom. The second-order valence-electron chi connectivity index (χ2n) is 8.69. The molecule has 1 N–H and O–H groups in total. The molecule has 1 atom stereocenters. The quantitative estimate of drug-likeness (QED) is 0.201. The molecule has 3 aromatic rings. The van der Waals surface area contributed by atoms with Crippen molar-refractivity contribution in [2.24, 2.45) is 0 Å². The molecule has 0 fully saturated rings. The molecule has 0 saturated carbocycles. The Kier molecular flexibility index (Phi) is 7.98. The fourth-order valence-electron chi connectivity index (χ4n) is 4.09. The number of carbonyl (C=O) groups excluding carboxylic acids is 3. The predicted octanol–water partition coefficient (Wildman–Crippen LogP) is 6.02. The first-order chi connectivity index (χ1) is 17.8. The molecule has 0 saturated heterocycles. The average molecular weight is 517 g/mol. The summed E-state index contributed by atoms with van der Waals surface area (Å²) >= 11 is 1.06. The zero-order chi connectivity index (χ0) is 26.5. The molecule has 190 valence electrons. The van der Waals surface area contributed by atoms with E-state index in [0.29, 0.717) is 28.5 Å². The third-order valence-electron chi connectivity index (χ3n) is 5.97. The van der Waals surface area contributed by atoms with E-state index < -0.39 is 23.5 Å². The lowest BCUT2D eigenvalue weighted by Gasteiger charge is -2.24. The fraction of sp³-hybridized carbons (Fsp3) is 0.241. The van der Waals surface area contributed by atoms with Gasteiger partial charge in [-0.15, -0.1) is 0 Å². The number of hydrogen-bond acceptors (Lipinski definition) is 7. The van der Waals surface area contributed by atoms with Gasteiger partial charge in [0.1, 0.15) is 5.75 Å². The molecule has 0 bridgehead atoms. The second-order valence-corrected chi connectivity index (χ2v) is 9.66.